The molecule has 0 bridgehead atoms. The van der Waals surface area contributed by atoms with Gasteiger partial charge in [0.2, 0.25) is 0 Å². The molecule has 2 N–H and O–H groups in total. The van der Waals surface area contributed by atoms with Crippen LogP contribution in [0, 0.1) is 28.9 Å². The van der Waals surface area contributed by atoms with Gasteiger partial charge in [-0.2, -0.15) is 0 Å². The van der Waals surface area contributed by atoms with Gasteiger partial charge in [-0.15, -0.1) is 0 Å². The van der Waals surface area contributed by atoms with Crippen LogP contribution in [0.3, 0.4) is 0 Å². The van der Waals surface area contributed by atoms with E-state index in [2.05, 4.69) is 20.8 Å². The first-order valence-corrected chi connectivity index (χ1v) is 7.50. The number of nitrogens with two attached hydrogens (primary N) is 1. The van der Waals surface area contributed by atoms with Gasteiger partial charge in [-0.25, -0.2) is 8.78 Å². The van der Waals surface area contributed by atoms with E-state index in [-0.39, 0.29) is 5.92 Å². The van der Waals surface area contributed by atoms with E-state index in [4.69, 9.17) is 5.73 Å². The first kappa shape index (κ1) is 15.4. The molecule has 20 heavy (non-hydrogen) atoms. The molecule has 0 spiro atoms. The van der Waals surface area contributed by atoms with Crippen molar-refractivity contribution in [3.63, 3.8) is 0 Å². The van der Waals surface area contributed by atoms with Crippen molar-refractivity contribution in [2.24, 2.45) is 23.0 Å². The Morgan fingerprint density at radius 1 is 1.10 bits per heavy atom. The van der Waals surface area contributed by atoms with E-state index in [0.717, 1.165) is 31.7 Å². The van der Waals surface area contributed by atoms with E-state index < -0.39 is 17.7 Å². The number of benzene rings is 1. The SMILES string of the molecule is CC(C)(C)C1CCC(C(N)c2cccc(F)c2F)CC1. The van der Waals surface area contributed by atoms with Crippen LogP contribution < -0.4 is 5.73 Å². The van der Waals surface area contributed by atoms with Crippen molar-refractivity contribution in [3.8, 4) is 0 Å². The zero-order valence-electron chi connectivity index (χ0n) is 12.6. The fraction of sp³-hybridized carbons (Fsp3) is 0.647. The maximum atomic E-state index is 13.8. The average Bonchev–Trinajstić information content (AvgIpc) is 2.40. The first-order valence-electron chi connectivity index (χ1n) is 7.50. The van der Waals surface area contributed by atoms with Gasteiger partial charge in [0.05, 0.1) is 0 Å². The van der Waals surface area contributed by atoms with Gasteiger partial charge in [-0.1, -0.05) is 32.9 Å². The largest absolute Gasteiger partial charge is 0.324 e. The Balaban J connectivity index is 2.05. The van der Waals surface area contributed by atoms with Crippen LogP contribution in [0.25, 0.3) is 0 Å². The summed E-state index contributed by atoms with van der Waals surface area (Å²) in [4.78, 5) is 0. The standard InChI is InChI=1S/C17H25F2N/c1-17(2,3)12-9-7-11(8-10-12)16(20)13-5-4-6-14(18)15(13)19/h4-6,11-12,16H,7-10,20H2,1-3H3. The zero-order valence-corrected chi connectivity index (χ0v) is 12.6. The van der Waals surface area contributed by atoms with E-state index in [0.29, 0.717) is 16.9 Å². The summed E-state index contributed by atoms with van der Waals surface area (Å²) >= 11 is 0. The highest BCUT2D eigenvalue weighted by atomic mass is 19.2. The molecule has 112 valence electrons. The van der Waals surface area contributed by atoms with Crippen molar-refractivity contribution in [1.29, 1.82) is 0 Å². The Labute approximate surface area is 120 Å². The summed E-state index contributed by atoms with van der Waals surface area (Å²) in [5, 5.41) is 0. The Hall–Kier alpha value is -0.960. The molecule has 1 atom stereocenters. The van der Waals surface area contributed by atoms with Gasteiger partial charge in [0.25, 0.3) is 0 Å². The number of hydrogen-bond acceptors (Lipinski definition) is 1. The summed E-state index contributed by atoms with van der Waals surface area (Å²) in [7, 11) is 0. The fourth-order valence-corrected chi connectivity index (χ4v) is 3.38. The maximum absolute atomic E-state index is 13.8. The smallest absolute Gasteiger partial charge is 0.163 e. The van der Waals surface area contributed by atoms with Crippen molar-refractivity contribution < 1.29 is 8.78 Å². The predicted molar refractivity (Wildman–Crippen MR) is 78.2 cm³/mol. The second-order valence-electron chi connectivity index (χ2n) is 7.15. The van der Waals surface area contributed by atoms with E-state index in [1.807, 2.05) is 0 Å². The second-order valence-corrected chi connectivity index (χ2v) is 7.15. The third-order valence-corrected chi connectivity index (χ3v) is 4.85. The van der Waals surface area contributed by atoms with Crippen molar-refractivity contribution in [2.75, 3.05) is 0 Å². The maximum Gasteiger partial charge on any atom is 0.163 e. The molecule has 0 saturated heterocycles. The van der Waals surface area contributed by atoms with Gasteiger partial charge < -0.3 is 5.73 Å². The molecule has 0 radical (unpaired) electrons. The molecule has 1 nitrogen and oxygen atoms in total. The minimum atomic E-state index is -0.804. The van der Waals surface area contributed by atoms with Crippen LogP contribution in [0.2, 0.25) is 0 Å². The van der Waals surface area contributed by atoms with Crippen molar-refractivity contribution >= 4 is 0 Å². The Kier molecular flexibility index (Phi) is 4.48. The monoisotopic (exact) mass is 281 g/mol. The average molecular weight is 281 g/mol. The van der Waals surface area contributed by atoms with Crippen LogP contribution in [-0.2, 0) is 0 Å². The molecule has 1 saturated carbocycles. The number of rotatable bonds is 2. The molecule has 1 aliphatic carbocycles. The molecular formula is C17H25F2N. The molecule has 0 aromatic heterocycles. The van der Waals surface area contributed by atoms with Gasteiger partial charge >= 0.3 is 0 Å². The van der Waals surface area contributed by atoms with Gasteiger partial charge in [-0.3, -0.25) is 0 Å². The molecule has 1 aromatic rings. The van der Waals surface area contributed by atoms with E-state index >= 15 is 0 Å². The van der Waals surface area contributed by atoms with Crippen LogP contribution in [0.4, 0.5) is 8.78 Å². The molecular weight excluding hydrogens is 256 g/mol. The number of hydrogen-bond donors (Lipinski definition) is 1. The lowest BCUT2D eigenvalue weighted by molar-refractivity contribution is 0.139. The second kappa shape index (κ2) is 5.80. The molecule has 1 unspecified atom stereocenters. The normalized spacial score (nSPS) is 25.5. The lowest BCUT2D eigenvalue weighted by Gasteiger charge is -2.38. The molecule has 0 amide bonds. The molecule has 1 fully saturated rings. The Morgan fingerprint density at radius 2 is 1.70 bits per heavy atom. The van der Waals surface area contributed by atoms with Gasteiger partial charge in [-0.05, 0) is 49.0 Å². The van der Waals surface area contributed by atoms with E-state index in [9.17, 15) is 8.78 Å². The van der Waals surface area contributed by atoms with Crippen molar-refractivity contribution in [2.45, 2.75) is 52.5 Å². The van der Waals surface area contributed by atoms with Crippen LogP contribution in [0.5, 0.6) is 0 Å². The summed E-state index contributed by atoms with van der Waals surface area (Å²) < 4.78 is 27.1. The Bertz CT molecular complexity index is 457. The van der Waals surface area contributed by atoms with Crippen molar-refractivity contribution in [3.05, 3.63) is 35.4 Å². The summed E-state index contributed by atoms with van der Waals surface area (Å²) in [6.07, 6.45) is 4.25. The van der Waals surface area contributed by atoms with E-state index in [1.54, 1.807) is 6.07 Å². The summed E-state index contributed by atoms with van der Waals surface area (Å²) in [5.74, 6) is -0.632. The lowest BCUT2D eigenvalue weighted by Crippen LogP contribution is -2.31. The summed E-state index contributed by atoms with van der Waals surface area (Å²) in [6.45, 7) is 6.80. The van der Waals surface area contributed by atoms with Gasteiger partial charge in [0, 0.05) is 11.6 Å². The molecule has 0 heterocycles. The van der Waals surface area contributed by atoms with Crippen LogP contribution in [0.15, 0.2) is 18.2 Å². The third kappa shape index (κ3) is 3.20. The summed E-state index contributed by atoms with van der Waals surface area (Å²) in [5.41, 5.74) is 6.83. The zero-order chi connectivity index (χ0) is 14.9. The molecule has 2 rings (SSSR count). The number of halogens is 2. The highest BCUT2D eigenvalue weighted by Gasteiger charge is 2.33. The quantitative estimate of drug-likeness (QED) is 0.826. The third-order valence-electron chi connectivity index (χ3n) is 4.85. The van der Waals surface area contributed by atoms with Crippen LogP contribution in [-0.4, -0.2) is 0 Å². The molecule has 1 aromatic carbocycles. The molecule has 3 heteroatoms. The lowest BCUT2D eigenvalue weighted by atomic mass is 9.68. The highest BCUT2D eigenvalue weighted by Crippen LogP contribution is 2.43. The van der Waals surface area contributed by atoms with Crippen LogP contribution in [0.1, 0.15) is 58.1 Å². The topological polar surface area (TPSA) is 26.0 Å². The van der Waals surface area contributed by atoms with Gasteiger partial charge in [0.15, 0.2) is 11.6 Å². The summed E-state index contributed by atoms with van der Waals surface area (Å²) in [6, 6.07) is 3.89. The predicted octanol–water partition coefficient (Wildman–Crippen LogP) is 4.82. The van der Waals surface area contributed by atoms with Gasteiger partial charge in [0.1, 0.15) is 0 Å². The molecule has 0 aliphatic heterocycles. The fourth-order valence-electron chi connectivity index (χ4n) is 3.38. The molecule has 1 aliphatic rings. The van der Waals surface area contributed by atoms with Crippen LogP contribution >= 0.6 is 0 Å². The minimum absolute atomic E-state index is 0.255. The van der Waals surface area contributed by atoms with E-state index in [1.165, 1.54) is 6.07 Å². The first-order chi connectivity index (χ1) is 9.30. The van der Waals surface area contributed by atoms with Crippen molar-refractivity contribution in [1.82, 2.24) is 0 Å². The highest BCUT2D eigenvalue weighted by molar-refractivity contribution is 5.23. The minimum Gasteiger partial charge on any atom is -0.324 e. The Morgan fingerprint density at radius 3 is 2.25 bits per heavy atom.